The molecule has 1 unspecified atom stereocenters. The number of halogens is 1. The van der Waals surface area contributed by atoms with E-state index >= 15 is 0 Å². The van der Waals surface area contributed by atoms with Crippen LogP contribution in [0.3, 0.4) is 0 Å². The van der Waals surface area contributed by atoms with E-state index in [-0.39, 0.29) is 6.10 Å². The van der Waals surface area contributed by atoms with Gasteiger partial charge in [-0.3, -0.25) is 0 Å². The zero-order chi connectivity index (χ0) is 6.41. The van der Waals surface area contributed by atoms with Crippen LogP contribution in [-0.2, 0) is 4.74 Å². The Morgan fingerprint density at radius 3 is 2.50 bits per heavy atom. The van der Waals surface area contributed by atoms with Crippen LogP contribution in [0.15, 0.2) is 0 Å². The van der Waals surface area contributed by atoms with Crippen LogP contribution < -0.4 is 0 Å². The molecular formula is C6H9BrO. The van der Waals surface area contributed by atoms with E-state index in [1.807, 2.05) is 0 Å². The van der Waals surface area contributed by atoms with E-state index in [0.29, 0.717) is 0 Å². The molecule has 0 amide bonds. The van der Waals surface area contributed by atoms with Crippen molar-refractivity contribution in [3.05, 3.63) is 0 Å². The molecule has 0 fully saturated rings. The van der Waals surface area contributed by atoms with Gasteiger partial charge in [0.15, 0.2) is 0 Å². The highest BCUT2D eigenvalue weighted by atomic mass is 79.9. The molecule has 0 aliphatic heterocycles. The Kier molecular flexibility index (Phi) is 5.14. The molecule has 0 aliphatic rings. The summed E-state index contributed by atoms with van der Waals surface area (Å²) in [6.07, 6.45) is 0.0556. The Bertz CT molecular complexity index is 96.8. The Morgan fingerprint density at radius 1 is 1.75 bits per heavy atom. The summed E-state index contributed by atoms with van der Waals surface area (Å²) in [6.45, 7) is 1.80. The molecule has 0 radical (unpaired) electrons. The Labute approximate surface area is 58.5 Å². The van der Waals surface area contributed by atoms with E-state index in [2.05, 4.69) is 27.8 Å². The van der Waals surface area contributed by atoms with Gasteiger partial charge in [-0.15, -0.1) is 5.92 Å². The van der Waals surface area contributed by atoms with Gasteiger partial charge in [-0.25, -0.2) is 0 Å². The Hall–Kier alpha value is -0.0000000000000000208. The molecule has 8 heavy (non-hydrogen) atoms. The second-order valence-electron chi connectivity index (χ2n) is 1.27. The maximum absolute atomic E-state index is 4.92. The zero-order valence-electron chi connectivity index (χ0n) is 5.07. The number of hydrogen-bond donors (Lipinski definition) is 0. The standard InChI is InChI=1S/C6H9BrO/c1-3-4-6(5-7)8-2/h6H,5H2,1-2H3. The van der Waals surface area contributed by atoms with Crippen LogP contribution in [-0.4, -0.2) is 18.5 Å². The SMILES string of the molecule is CC#CC(CBr)OC. The first-order valence-electron chi connectivity index (χ1n) is 2.36. The summed E-state index contributed by atoms with van der Waals surface area (Å²) in [7, 11) is 1.65. The lowest BCUT2D eigenvalue weighted by Gasteiger charge is -2.00. The normalized spacial score (nSPS) is 11.9. The third-order valence-corrected chi connectivity index (χ3v) is 1.32. The molecule has 0 bridgehead atoms. The third kappa shape index (κ3) is 3.06. The van der Waals surface area contributed by atoms with Crippen molar-refractivity contribution in [1.29, 1.82) is 0 Å². The molecule has 0 aromatic rings. The number of hydrogen-bond acceptors (Lipinski definition) is 1. The fourth-order valence-corrected chi connectivity index (χ4v) is 0.748. The van der Waals surface area contributed by atoms with Crippen molar-refractivity contribution in [2.45, 2.75) is 13.0 Å². The summed E-state index contributed by atoms with van der Waals surface area (Å²) in [5.41, 5.74) is 0. The van der Waals surface area contributed by atoms with Crippen molar-refractivity contribution in [1.82, 2.24) is 0 Å². The lowest BCUT2D eigenvalue weighted by molar-refractivity contribution is 0.168. The van der Waals surface area contributed by atoms with Crippen molar-refractivity contribution in [2.24, 2.45) is 0 Å². The number of rotatable bonds is 2. The fraction of sp³-hybridized carbons (Fsp3) is 0.667. The van der Waals surface area contributed by atoms with Crippen molar-refractivity contribution >= 4 is 15.9 Å². The predicted molar refractivity (Wildman–Crippen MR) is 38.0 cm³/mol. The summed E-state index contributed by atoms with van der Waals surface area (Å²) in [4.78, 5) is 0. The summed E-state index contributed by atoms with van der Waals surface area (Å²) < 4.78 is 4.92. The lowest BCUT2D eigenvalue weighted by Crippen LogP contribution is -2.07. The molecule has 46 valence electrons. The minimum Gasteiger partial charge on any atom is -0.368 e. The van der Waals surface area contributed by atoms with Crippen LogP contribution in [0.1, 0.15) is 6.92 Å². The minimum absolute atomic E-state index is 0.0556. The topological polar surface area (TPSA) is 9.23 Å². The molecule has 0 aromatic carbocycles. The molecule has 0 heterocycles. The van der Waals surface area contributed by atoms with Crippen molar-refractivity contribution < 1.29 is 4.74 Å². The molecule has 0 N–H and O–H groups in total. The van der Waals surface area contributed by atoms with E-state index < -0.39 is 0 Å². The van der Waals surface area contributed by atoms with Gasteiger partial charge in [-0.1, -0.05) is 21.9 Å². The highest BCUT2D eigenvalue weighted by Crippen LogP contribution is 1.91. The van der Waals surface area contributed by atoms with E-state index in [9.17, 15) is 0 Å². The van der Waals surface area contributed by atoms with Gasteiger partial charge in [0.25, 0.3) is 0 Å². The largest absolute Gasteiger partial charge is 0.368 e. The molecule has 1 nitrogen and oxygen atoms in total. The number of methoxy groups -OCH3 is 1. The molecule has 2 heteroatoms. The van der Waals surface area contributed by atoms with Gasteiger partial charge in [-0.05, 0) is 6.92 Å². The van der Waals surface area contributed by atoms with E-state index in [1.54, 1.807) is 14.0 Å². The monoisotopic (exact) mass is 176 g/mol. The molecule has 0 rings (SSSR count). The number of alkyl halides is 1. The van der Waals surface area contributed by atoms with Crippen LogP contribution in [0.5, 0.6) is 0 Å². The van der Waals surface area contributed by atoms with Gasteiger partial charge in [0.05, 0.1) is 0 Å². The van der Waals surface area contributed by atoms with Crippen LogP contribution >= 0.6 is 15.9 Å². The second-order valence-corrected chi connectivity index (χ2v) is 1.92. The summed E-state index contributed by atoms with van der Waals surface area (Å²) in [5.74, 6) is 5.63. The summed E-state index contributed by atoms with van der Waals surface area (Å²) in [6, 6.07) is 0. The number of ether oxygens (including phenoxy) is 1. The molecule has 0 aliphatic carbocycles. The van der Waals surface area contributed by atoms with E-state index in [0.717, 1.165) is 5.33 Å². The van der Waals surface area contributed by atoms with Gasteiger partial charge in [0, 0.05) is 12.4 Å². The van der Waals surface area contributed by atoms with Gasteiger partial charge >= 0.3 is 0 Å². The first kappa shape index (κ1) is 8.00. The fourth-order valence-electron chi connectivity index (χ4n) is 0.321. The van der Waals surface area contributed by atoms with E-state index in [1.165, 1.54) is 0 Å². The van der Waals surface area contributed by atoms with Crippen molar-refractivity contribution in [3.8, 4) is 11.8 Å². The first-order chi connectivity index (χ1) is 3.85. The molecular weight excluding hydrogens is 168 g/mol. The van der Waals surface area contributed by atoms with Crippen LogP contribution in [0.25, 0.3) is 0 Å². The smallest absolute Gasteiger partial charge is 0.127 e. The zero-order valence-corrected chi connectivity index (χ0v) is 6.66. The highest BCUT2D eigenvalue weighted by molar-refractivity contribution is 9.09. The van der Waals surface area contributed by atoms with Crippen molar-refractivity contribution in [3.63, 3.8) is 0 Å². The second kappa shape index (κ2) is 5.14. The quantitative estimate of drug-likeness (QED) is 0.457. The first-order valence-corrected chi connectivity index (χ1v) is 3.48. The summed E-state index contributed by atoms with van der Waals surface area (Å²) >= 11 is 3.25. The van der Waals surface area contributed by atoms with Crippen LogP contribution in [0.4, 0.5) is 0 Å². The average Bonchev–Trinajstić information content (AvgIpc) is 1.83. The summed E-state index contributed by atoms with van der Waals surface area (Å²) in [5, 5.41) is 0.782. The molecule has 0 spiro atoms. The molecule has 0 saturated carbocycles. The average molecular weight is 177 g/mol. The Balaban J connectivity index is 3.47. The van der Waals surface area contributed by atoms with Gasteiger partial charge in [0.2, 0.25) is 0 Å². The molecule has 0 aromatic heterocycles. The maximum atomic E-state index is 4.92. The van der Waals surface area contributed by atoms with Crippen molar-refractivity contribution in [2.75, 3.05) is 12.4 Å². The van der Waals surface area contributed by atoms with Crippen LogP contribution in [0, 0.1) is 11.8 Å². The van der Waals surface area contributed by atoms with Crippen LogP contribution in [0.2, 0.25) is 0 Å². The molecule has 0 saturated heterocycles. The maximum Gasteiger partial charge on any atom is 0.127 e. The van der Waals surface area contributed by atoms with Gasteiger partial charge in [0.1, 0.15) is 6.10 Å². The van der Waals surface area contributed by atoms with E-state index in [4.69, 9.17) is 4.74 Å². The molecule has 1 atom stereocenters. The highest BCUT2D eigenvalue weighted by Gasteiger charge is 1.95. The lowest BCUT2D eigenvalue weighted by atomic mass is 10.4. The third-order valence-electron chi connectivity index (χ3n) is 0.730. The Morgan fingerprint density at radius 2 is 2.38 bits per heavy atom. The predicted octanol–water partition coefficient (Wildman–Crippen LogP) is 1.42. The van der Waals surface area contributed by atoms with Gasteiger partial charge < -0.3 is 4.74 Å². The minimum atomic E-state index is 0.0556. The van der Waals surface area contributed by atoms with Gasteiger partial charge in [-0.2, -0.15) is 0 Å².